The van der Waals surface area contributed by atoms with Gasteiger partial charge < -0.3 is 10.6 Å². The second-order valence-corrected chi connectivity index (χ2v) is 5.02. The molecule has 1 aromatic carbocycles. The molecule has 1 heterocycles. The number of piperidine rings is 1. The number of amides is 1. The molecule has 0 unspecified atom stereocenters. The first kappa shape index (κ1) is 13.3. The number of carbonyl (C=O) groups is 1. The molecule has 18 heavy (non-hydrogen) atoms. The molecule has 0 saturated carbocycles. The zero-order valence-corrected chi connectivity index (χ0v) is 10.9. The van der Waals surface area contributed by atoms with E-state index in [4.69, 9.17) is 11.6 Å². The van der Waals surface area contributed by atoms with E-state index >= 15 is 0 Å². The number of nitrogens with one attached hydrogen (secondary N) is 2. The topological polar surface area (TPSA) is 41.1 Å². The van der Waals surface area contributed by atoms with Crippen LogP contribution >= 0.6 is 11.6 Å². The highest BCUT2D eigenvalue weighted by molar-refractivity contribution is 6.31. The highest BCUT2D eigenvalue weighted by atomic mass is 35.5. The lowest BCUT2D eigenvalue weighted by Crippen LogP contribution is -2.52. The van der Waals surface area contributed by atoms with Crippen molar-refractivity contribution in [1.82, 2.24) is 10.6 Å². The summed E-state index contributed by atoms with van der Waals surface area (Å²) in [4.78, 5) is 11.7. The van der Waals surface area contributed by atoms with Crippen LogP contribution in [-0.4, -0.2) is 18.5 Å². The van der Waals surface area contributed by atoms with E-state index in [0.29, 0.717) is 17.1 Å². The van der Waals surface area contributed by atoms with Crippen LogP contribution in [0.25, 0.3) is 0 Å². The monoisotopic (exact) mass is 270 g/mol. The van der Waals surface area contributed by atoms with E-state index in [2.05, 4.69) is 10.6 Å². The predicted octanol–water partition coefficient (Wildman–Crippen LogP) is 2.09. The second kappa shape index (κ2) is 5.67. The highest BCUT2D eigenvalue weighted by Gasteiger charge is 2.28. The lowest BCUT2D eigenvalue weighted by atomic mass is 9.94. The summed E-state index contributed by atoms with van der Waals surface area (Å²) in [6, 6.07) is 4.30. The first-order valence-corrected chi connectivity index (χ1v) is 6.41. The summed E-state index contributed by atoms with van der Waals surface area (Å²) in [6.07, 6.45) is 0.925. The van der Waals surface area contributed by atoms with E-state index < -0.39 is 0 Å². The molecule has 5 heteroatoms. The Kier molecular flexibility index (Phi) is 4.19. The number of hydrogen-bond donors (Lipinski definition) is 2. The van der Waals surface area contributed by atoms with Gasteiger partial charge >= 0.3 is 0 Å². The van der Waals surface area contributed by atoms with Crippen LogP contribution in [0, 0.1) is 11.7 Å². The zero-order chi connectivity index (χ0) is 13.1. The molecule has 0 bridgehead atoms. The second-order valence-electron chi connectivity index (χ2n) is 4.62. The van der Waals surface area contributed by atoms with Crippen LogP contribution in [0.2, 0.25) is 5.02 Å². The molecule has 0 aromatic heterocycles. The Morgan fingerprint density at radius 1 is 1.56 bits per heavy atom. The van der Waals surface area contributed by atoms with Gasteiger partial charge in [-0.2, -0.15) is 0 Å². The normalized spacial score (nSPS) is 23.8. The van der Waals surface area contributed by atoms with E-state index in [-0.39, 0.29) is 30.2 Å². The molecule has 1 aliphatic rings. The molecule has 1 amide bonds. The van der Waals surface area contributed by atoms with Gasteiger partial charge in [0.25, 0.3) is 0 Å². The molecular formula is C13H16ClFN2O. The van der Waals surface area contributed by atoms with E-state index in [9.17, 15) is 9.18 Å². The smallest absolute Gasteiger partial charge is 0.237 e. The van der Waals surface area contributed by atoms with Crippen molar-refractivity contribution >= 4 is 17.5 Å². The molecule has 0 aliphatic carbocycles. The zero-order valence-electron chi connectivity index (χ0n) is 10.2. The maximum atomic E-state index is 13.6. The van der Waals surface area contributed by atoms with Crippen molar-refractivity contribution in [3.8, 4) is 0 Å². The summed E-state index contributed by atoms with van der Waals surface area (Å²) in [6.45, 7) is 2.98. The summed E-state index contributed by atoms with van der Waals surface area (Å²) in [7, 11) is 0. The van der Waals surface area contributed by atoms with Crippen molar-refractivity contribution in [2.75, 3.05) is 6.54 Å². The molecule has 0 radical (unpaired) electrons. The summed E-state index contributed by atoms with van der Waals surface area (Å²) < 4.78 is 13.6. The Balaban J connectivity index is 2.04. The van der Waals surface area contributed by atoms with Gasteiger partial charge in [0.2, 0.25) is 5.91 Å². The average molecular weight is 271 g/mol. The largest absolute Gasteiger partial charge is 0.355 e. The Hall–Kier alpha value is -1.13. The number of halogens is 2. The standard InChI is InChI=1S/C13H16ClFN2O/c1-8-5-6-16-13(18)12(8)17-7-9-10(14)3-2-4-11(9)15/h2-4,8,12,17H,5-7H2,1H3,(H,16,18)/t8-,12-/m0/s1. The Bertz CT molecular complexity index is 432. The fourth-order valence-corrected chi connectivity index (χ4v) is 2.40. The van der Waals surface area contributed by atoms with Crippen LogP contribution in [0.4, 0.5) is 4.39 Å². The van der Waals surface area contributed by atoms with Crippen LogP contribution in [0.1, 0.15) is 18.9 Å². The highest BCUT2D eigenvalue weighted by Crippen LogP contribution is 2.20. The summed E-state index contributed by atoms with van der Waals surface area (Å²) in [5.74, 6) is -0.135. The minimum Gasteiger partial charge on any atom is -0.355 e. The van der Waals surface area contributed by atoms with Gasteiger partial charge in [-0.1, -0.05) is 24.6 Å². The van der Waals surface area contributed by atoms with Crippen molar-refractivity contribution < 1.29 is 9.18 Å². The van der Waals surface area contributed by atoms with Gasteiger partial charge in [-0.3, -0.25) is 4.79 Å². The summed E-state index contributed by atoms with van der Waals surface area (Å²) in [5, 5.41) is 6.26. The Labute approximate surface area is 111 Å². The maximum absolute atomic E-state index is 13.6. The van der Waals surface area contributed by atoms with Crippen LogP contribution < -0.4 is 10.6 Å². The molecule has 1 saturated heterocycles. The van der Waals surface area contributed by atoms with E-state index in [1.165, 1.54) is 6.07 Å². The first-order valence-electron chi connectivity index (χ1n) is 6.03. The third kappa shape index (κ3) is 2.82. The lowest BCUT2D eigenvalue weighted by Gasteiger charge is -2.29. The molecule has 1 aromatic rings. The molecular weight excluding hydrogens is 255 g/mol. The predicted molar refractivity (Wildman–Crippen MR) is 68.8 cm³/mol. The van der Waals surface area contributed by atoms with Crippen LogP contribution in [0.15, 0.2) is 18.2 Å². The van der Waals surface area contributed by atoms with Gasteiger partial charge in [-0.15, -0.1) is 0 Å². The molecule has 0 spiro atoms. The quantitative estimate of drug-likeness (QED) is 0.883. The van der Waals surface area contributed by atoms with Gasteiger partial charge in [-0.05, 0) is 24.5 Å². The van der Waals surface area contributed by atoms with Crippen molar-refractivity contribution in [2.24, 2.45) is 5.92 Å². The third-order valence-corrected chi connectivity index (χ3v) is 3.66. The third-order valence-electron chi connectivity index (χ3n) is 3.31. The fourth-order valence-electron chi connectivity index (χ4n) is 2.17. The van der Waals surface area contributed by atoms with Crippen LogP contribution in [0.3, 0.4) is 0 Å². The van der Waals surface area contributed by atoms with Gasteiger partial charge in [0.15, 0.2) is 0 Å². The van der Waals surface area contributed by atoms with Gasteiger partial charge in [-0.25, -0.2) is 4.39 Å². The lowest BCUT2D eigenvalue weighted by molar-refractivity contribution is -0.126. The van der Waals surface area contributed by atoms with E-state index in [1.807, 2.05) is 6.92 Å². The maximum Gasteiger partial charge on any atom is 0.237 e. The van der Waals surface area contributed by atoms with E-state index in [0.717, 1.165) is 6.42 Å². The van der Waals surface area contributed by atoms with E-state index in [1.54, 1.807) is 12.1 Å². The Morgan fingerprint density at radius 2 is 2.33 bits per heavy atom. The van der Waals surface area contributed by atoms with Gasteiger partial charge in [0, 0.05) is 23.7 Å². The SMILES string of the molecule is C[C@H]1CCNC(=O)[C@H]1NCc1c(F)cccc1Cl. The minimum absolute atomic E-state index is 0.0267. The number of rotatable bonds is 3. The number of carbonyl (C=O) groups excluding carboxylic acids is 1. The number of benzene rings is 1. The number of hydrogen-bond acceptors (Lipinski definition) is 2. The summed E-state index contributed by atoms with van der Waals surface area (Å²) >= 11 is 5.94. The molecule has 3 nitrogen and oxygen atoms in total. The van der Waals surface area contributed by atoms with Gasteiger partial charge in [0.1, 0.15) is 5.82 Å². The molecule has 2 rings (SSSR count). The van der Waals surface area contributed by atoms with Crippen LogP contribution in [-0.2, 0) is 11.3 Å². The molecule has 2 atom stereocenters. The molecule has 1 fully saturated rings. The van der Waals surface area contributed by atoms with Crippen molar-refractivity contribution in [3.63, 3.8) is 0 Å². The molecule has 98 valence electrons. The Morgan fingerprint density at radius 3 is 3.00 bits per heavy atom. The molecule has 1 aliphatic heterocycles. The molecule has 2 N–H and O–H groups in total. The first-order chi connectivity index (χ1) is 8.59. The average Bonchev–Trinajstić information content (AvgIpc) is 2.31. The minimum atomic E-state index is -0.348. The summed E-state index contributed by atoms with van der Waals surface area (Å²) in [5.41, 5.74) is 0.407. The van der Waals surface area contributed by atoms with Crippen LogP contribution in [0.5, 0.6) is 0 Å². The fraction of sp³-hybridized carbons (Fsp3) is 0.462. The van der Waals surface area contributed by atoms with Crippen molar-refractivity contribution in [2.45, 2.75) is 25.9 Å². The van der Waals surface area contributed by atoms with Crippen molar-refractivity contribution in [1.29, 1.82) is 0 Å². The van der Waals surface area contributed by atoms with Crippen molar-refractivity contribution in [3.05, 3.63) is 34.6 Å². The van der Waals surface area contributed by atoms with Gasteiger partial charge in [0.05, 0.1) is 6.04 Å².